The molecule has 0 spiro atoms. The zero-order valence-corrected chi connectivity index (χ0v) is 14.5. The number of carbonyl (C=O) groups is 3. The van der Waals surface area contributed by atoms with E-state index in [1.54, 1.807) is 19.9 Å². The summed E-state index contributed by atoms with van der Waals surface area (Å²) < 4.78 is 5.28. The van der Waals surface area contributed by atoms with Gasteiger partial charge in [0.05, 0.1) is 16.5 Å². The second-order valence-corrected chi connectivity index (χ2v) is 6.87. The summed E-state index contributed by atoms with van der Waals surface area (Å²) in [6.07, 6.45) is -0.0471. The predicted octanol–water partition coefficient (Wildman–Crippen LogP) is 2.16. The second-order valence-electron chi connectivity index (χ2n) is 5.63. The standard InChI is InChI=1S/C17H17N3O4S/c1-9-7-11(10(2)24-9)16(22)20-19-15(21)8-14-17(23)18-12-5-3-4-6-13(12)25-14/h3-7,14H,8H2,1-2H3,(H,18,23)(H,19,21)(H,20,22)/t14-/m0/s1. The van der Waals surface area contributed by atoms with E-state index in [1.165, 1.54) is 11.8 Å². The Bertz CT molecular complexity index is 846. The number of anilines is 1. The van der Waals surface area contributed by atoms with Crippen LogP contribution in [0.3, 0.4) is 0 Å². The Morgan fingerprint density at radius 1 is 1.24 bits per heavy atom. The average Bonchev–Trinajstić information content (AvgIpc) is 2.92. The molecule has 0 unspecified atom stereocenters. The zero-order chi connectivity index (χ0) is 18.0. The Morgan fingerprint density at radius 2 is 2.00 bits per heavy atom. The first-order valence-corrected chi connectivity index (χ1v) is 8.55. The molecule has 0 radical (unpaired) electrons. The largest absolute Gasteiger partial charge is 0.466 e. The lowest BCUT2D eigenvalue weighted by atomic mass is 10.2. The van der Waals surface area contributed by atoms with Gasteiger partial charge in [0.25, 0.3) is 5.91 Å². The van der Waals surface area contributed by atoms with E-state index in [4.69, 9.17) is 4.42 Å². The summed E-state index contributed by atoms with van der Waals surface area (Å²) in [6.45, 7) is 3.41. The van der Waals surface area contributed by atoms with E-state index in [2.05, 4.69) is 16.2 Å². The van der Waals surface area contributed by atoms with Gasteiger partial charge in [0.2, 0.25) is 11.8 Å². The van der Waals surface area contributed by atoms with Crippen molar-refractivity contribution in [3.8, 4) is 0 Å². The molecular formula is C17H17N3O4S. The number of rotatable bonds is 3. The van der Waals surface area contributed by atoms with Crippen LogP contribution >= 0.6 is 11.8 Å². The number of furan rings is 1. The number of fused-ring (bicyclic) bond motifs is 1. The van der Waals surface area contributed by atoms with Gasteiger partial charge in [0.15, 0.2) is 0 Å². The van der Waals surface area contributed by atoms with Crippen molar-refractivity contribution in [3.63, 3.8) is 0 Å². The lowest BCUT2D eigenvalue weighted by Gasteiger charge is -2.23. The average molecular weight is 359 g/mol. The number of amides is 3. The Morgan fingerprint density at radius 3 is 2.72 bits per heavy atom. The van der Waals surface area contributed by atoms with Crippen molar-refractivity contribution in [3.05, 3.63) is 47.4 Å². The van der Waals surface area contributed by atoms with Gasteiger partial charge in [-0.1, -0.05) is 12.1 Å². The third kappa shape index (κ3) is 3.85. The molecule has 8 heteroatoms. The fraction of sp³-hybridized carbons (Fsp3) is 0.235. The second kappa shape index (κ2) is 7.02. The molecule has 2 aromatic rings. The van der Waals surface area contributed by atoms with Crippen LogP contribution in [0.5, 0.6) is 0 Å². The van der Waals surface area contributed by atoms with Gasteiger partial charge in [-0.05, 0) is 32.0 Å². The maximum Gasteiger partial charge on any atom is 0.273 e. The summed E-state index contributed by atoms with van der Waals surface area (Å²) in [5, 5.41) is 2.23. The first-order chi connectivity index (χ1) is 11.9. The van der Waals surface area contributed by atoms with Gasteiger partial charge in [-0.25, -0.2) is 0 Å². The Kier molecular flexibility index (Phi) is 4.80. The van der Waals surface area contributed by atoms with Crippen LogP contribution in [-0.2, 0) is 9.59 Å². The van der Waals surface area contributed by atoms with Crippen LogP contribution in [0.4, 0.5) is 5.69 Å². The quantitative estimate of drug-likeness (QED) is 0.729. The van der Waals surface area contributed by atoms with E-state index in [-0.39, 0.29) is 12.3 Å². The van der Waals surface area contributed by atoms with Gasteiger partial charge in [-0.15, -0.1) is 11.8 Å². The molecule has 2 heterocycles. The van der Waals surface area contributed by atoms with Gasteiger partial charge >= 0.3 is 0 Å². The van der Waals surface area contributed by atoms with E-state index < -0.39 is 17.1 Å². The van der Waals surface area contributed by atoms with Gasteiger partial charge in [0.1, 0.15) is 11.5 Å². The Labute approximate surface area is 148 Å². The fourth-order valence-corrected chi connectivity index (χ4v) is 3.61. The highest BCUT2D eigenvalue weighted by atomic mass is 32.2. The van der Waals surface area contributed by atoms with E-state index in [9.17, 15) is 14.4 Å². The molecule has 0 bridgehead atoms. The van der Waals surface area contributed by atoms with Crippen LogP contribution in [0.25, 0.3) is 0 Å². The maximum atomic E-state index is 12.1. The van der Waals surface area contributed by atoms with Crippen LogP contribution < -0.4 is 16.2 Å². The molecule has 1 aliphatic heterocycles. The molecular weight excluding hydrogens is 342 g/mol. The van der Waals surface area contributed by atoms with Crippen molar-refractivity contribution in [2.75, 3.05) is 5.32 Å². The number of para-hydroxylation sites is 1. The van der Waals surface area contributed by atoms with Crippen molar-refractivity contribution in [2.24, 2.45) is 0 Å². The van der Waals surface area contributed by atoms with Crippen molar-refractivity contribution in [2.45, 2.75) is 30.4 Å². The molecule has 1 atom stereocenters. The molecule has 130 valence electrons. The number of benzene rings is 1. The lowest BCUT2D eigenvalue weighted by molar-refractivity contribution is -0.124. The number of hydrazine groups is 1. The maximum absolute atomic E-state index is 12.1. The van der Waals surface area contributed by atoms with Crippen LogP contribution in [0.15, 0.2) is 39.6 Å². The summed E-state index contributed by atoms with van der Waals surface area (Å²) >= 11 is 1.33. The van der Waals surface area contributed by atoms with E-state index >= 15 is 0 Å². The third-order valence-corrected chi connectivity index (χ3v) is 4.95. The van der Waals surface area contributed by atoms with Gasteiger partial charge in [-0.2, -0.15) is 0 Å². The molecule has 0 saturated heterocycles. The smallest absolute Gasteiger partial charge is 0.273 e. The topological polar surface area (TPSA) is 100 Å². The number of hydrogen-bond donors (Lipinski definition) is 3. The predicted molar refractivity (Wildman–Crippen MR) is 93.1 cm³/mol. The zero-order valence-electron chi connectivity index (χ0n) is 13.7. The summed E-state index contributed by atoms with van der Waals surface area (Å²) in [6, 6.07) is 9.00. The molecule has 1 aliphatic rings. The van der Waals surface area contributed by atoms with E-state index in [0.29, 0.717) is 17.1 Å². The van der Waals surface area contributed by atoms with Gasteiger partial charge < -0.3 is 9.73 Å². The van der Waals surface area contributed by atoms with Crippen LogP contribution in [0.1, 0.15) is 28.3 Å². The molecule has 7 nitrogen and oxygen atoms in total. The van der Waals surface area contributed by atoms with Crippen LogP contribution in [0, 0.1) is 13.8 Å². The highest BCUT2D eigenvalue weighted by molar-refractivity contribution is 8.01. The minimum Gasteiger partial charge on any atom is -0.466 e. The SMILES string of the molecule is Cc1cc(C(=O)NNC(=O)C[C@@H]2Sc3ccccc3NC2=O)c(C)o1. The summed E-state index contributed by atoms with van der Waals surface area (Å²) in [4.78, 5) is 37.1. The first-order valence-electron chi connectivity index (χ1n) is 7.67. The Hall–Kier alpha value is -2.74. The molecule has 3 rings (SSSR count). The molecule has 3 N–H and O–H groups in total. The molecule has 25 heavy (non-hydrogen) atoms. The summed E-state index contributed by atoms with van der Waals surface area (Å²) in [5.41, 5.74) is 5.77. The van der Waals surface area contributed by atoms with Crippen LogP contribution in [0.2, 0.25) is 0 Å². The Balaban J connectivity index is 1.55. The lowest BCUT2D eigenvalue weighted by Crippen LogP contribution is -2.44. The number of carbonyl (C=O) groups excluding carboxylic acids is 3. The van der Waals surface area contributed by atoms with Crippen molar-refractivity contribution >= 4 is 35.2 Å². The highest BCUT2D eigenvalue weighted by Gasteiger charge is 2.29. The molecule has 0 fully saturated rings. The highest BCUT2D eigenvalue weighted by Crippen LogP contribution is 2.36. The minimum absolute atomic E-state index is 0.0471. The van der Waals surface area contributed by atoms with Crippen molar-refractivity contribution < 1.29 is 18.8 Å². The van der Waals surface area contributed by atoms with Crippen molar-refractivity contribution in [1.82, 2.24) is 10.9 Å². The molecule has 3 amide bonds. The third-order valence-electron chi connectivity index (χ3n) is 3.68. The van der Waals surface area contributed by atoms with Gasteiger partial charge in [0, 0.05) is 11.3 Å². The minimum atomic E-state index is -0.551. The fourth-order valence-electron chi connectivity index (χ4n) is 2.50. The van der Waals surface area contributed by atoms with E-state index in [0.717, 1.165) is 10.6 Å². The summed E-state index contributed by atoms with van der Waals surface area (Å²) in [7, 11) is 0. The molecule has 0 aliphatic carbocycles. The van der Waals surface area contributed by atoms with Crippen LogP contribution in [-0.4, -0.2) is 23.0 Å². The number of thioether (sulfide) groups is 1. The number of nitrogens with one attached hydrogen (secondary N) is 3. The first kappa shape index (κ1) is 17.1. The van der Waals surface area contributed by atoms with E-state index in [1.807, 2.05) is 24.3 Å². The molecule has 1 aromatic carbocycles. The molecule has 1 aromatic heterocycles. The van der Waals surface area contributed by atoms with Gasteiger partial charge in [-0.3, -0.25) is 25.2 Å². The summed E-state index contributed by atoms with van der Waals surface area (Å²) in [5.74, 6) is -0.0514. The number of aryl methyl sites for hydroxylation is 2. The monoisotopic (exact) mass is 359 g/mol. The van der Waals surface area contributed by atoms with Crippen molar-refractivity contribution in [1.29, 1.82) is 0 Å². The number of hydrogen-bond acceptors (Lipinski definition) is 5. The molecule has 0 saturated carbocycles. The normalized spacial score (nSPS) is 15.9.